The van der Waals surface area contributed by atoms with E-state index in [1.165, 1.54) is 6.07 Å². The third-order valence-electron chi connectivity index (χ3n) is 2.77. The lowest BCUT2D eigenvalue weighted by Crippen LogP contribution is -2.40. The predicted molar refractivity (Wildman–Crippen MR) is 87.4 cm³/mol. The second-order valence-corrected chi connectivity index (χ2v) is 7.23. The van der Waals surface area contributed by atoms with Gasteiger partial charge in [-0.2, -0.15) is 0 Å². The normalized spacial score (nSPS) is 12.8. The molecule has 1 amide bonds. The number of amides is 1. The molecule has 0 aromatic carbocycles. The van der Waals surface area contributed by atoms with Gasteiger partial charge in [-0.1, -0.05) is 13.8 Å². The third-order valence-corrected chi connectivity index (χ3v) is 3.44. The minimum atomic E-state index is -3.30. The Kier molecular flexibility index (Phi) is 8.69. The molecule has 1 rings (SSSR count). The van der Waals surface area contributed by atoms with Gasteiger partial charge >= 0.3 is 0 Å². The molecule has 128 valence electrons. The Morgan fingerprint density at radius 3 is 2.50 bits per heavy atom. The van der Waals surface area contributed by atoms with Crippen molar-refractivity contribution in [3.05, 3.63) is 23.7 Å². The summed E-state index contributed by atoms with van der Waals surface area (Å²) in [5.74, 6) is 0.586. The SMILES string of the molecule is CC(C)CC(CN)NC(=O)c1ccc(CNS(C)(=O)=O)o1.Cl. The number of nitrogens with one attached hydrogen (secondary N) is 2. The maximum absolute atomic E-state index is 12.0. The lowest BCUT2D eigenvalue weighted by Gasteiger charge is -2.17. The highest BCUT2D eigenvalue weighted by atomic mass is 35.5. The van der Waals surface area contributed by atoms with Crippen molar-refractivity contribution in [2.24, 2.45) is 11.7 Å². The minimum Gasteiger partial charge on any atom is -0.455 e. The molecule has 0 aliphatic heterocycles. The van der Waals surface area contributed by atoms with E-state index in [0.29, 0.717) is 18.2 Å². The smallest absolute Gasteiger partial charge is 0.287 e. The highest BCUT2D eigenvalue weighted by molar-refractivity contribution is 7.88. The van der Waals surface area contributed by atoms with Crippen LogP contribution in [-0.4, -0.2) is 33.2 Å². The molecule has 4 N–H and O–H groups in total. The van der Waals surface area contributed by atoms with E-state index in [4.69, 9.17) is 10.2 Å². The van der Waals surface area contributed by atoms with Gasteiger partial charge < -0.3 is 15.5 Å². The van der Waals surface area contributed by atoms with Gasteiger partial charge in [0.15, 0.2) is 5.76 Å². The van der Waals surface area contributed by atoms with Crippen LogP contribution < -0.4 is 15.8 Å². The van der Waals surface area contributed by atoms with E-state index in [1.807, 2.05) is 0 Å². The number of hydrogen-bond acceptors (Lipinski definition) is 5. The monoisotopic (exact) mass is 353 g/mol. The molecule has 0 saturated carbocycles. The van der Waals surface area contributed by atoms with Gasteiger partial charge in [0.25, 0.3) is 5.91 Å². The first-order chi connectivity index (χ1) is 9.71. The van der Waals surface area contributed by atoms with E-state index in [-0.39, 0.29) is 36.7 Å². The summed E-state index contributed by atoms with van der Waals surface area (Å²) in [5, 5.41) is 2.80. The van der Waals surface area contributed by atoms with E-state index < -0.39 is 10.0 Å². The molecule has 0 saturated heterocycles. The van der Waals surface area contributed by atoms with Gasteiger partial charge in [0.05, 0.1) is 12.8 Å². The number of furan rings is 1. The van der Waals surface area contributed by atoms with Crippen molar-refractivity contribution in [1.82, 2.24) is 10.0 Å². The molecule has 0 spiro atoms. The van der Waals surface area contributed by atoms with Crippen molar-refractivity contribution in [3.8, 4) is 0 Å². The van der Waals surface area contributed by atoms with Gasteiger partial charge in [-0.05, 0) is 24.5 Å². The molecule has 9 heteroatoms. The average molecular weight is 354 g/mol. The fraction of sp³-hybridized carbons (Fsp3) is 0.615. The van der Waals surface area contributed by atoms with Gasteiger partial charge in [0.2, 0.25) is 10.0 Å². The molecular formula is C13H24ClN3O4S. The third kappa shape index (κ3) is 7.79. The predicted octanol–water partition coefficient (Wildman–Crippen LogP) is 0.854. The zero-order chi connectivity index (χ0) is 16.0. The Balaban J connectivity index is 0.00000441. The zero-order valence-corrected chi connectivity index (χ0v) is 14.6. The lowest BCUT2D eigenvalue weighted by atomic mass is 10.0. The first-order valence-corrected chi connectivity index (χ1v) is 8.64. The Morgan fingerprint density at radius 2 is 2.00 bits per heavy atom. The molecule has 0 fully saturated rings. The summed E-state index contributed by atoms with van der Waals surface area (Å²) in [6, 6.07) is 2.96. The average Bonchev–Trinajstić information content (AvgIpc) is 2.83. The Labute approximate surface area is 137 Å². The minimum absolute atomic E-state index is 0. The fourth-order valence-corrected chi connectivity index (χ4v) is 2.24. The van der Waals surface area contributed by atoms with Crippen LogP contribution in [0.2, 0.25) is 0 Å². The van der Waals surface area contributed by atoms with Crippen molar-refractivity contribution in [3.63, 3.8) is 0 Å². The molecule has 0 radical (unpaired) electrons. The second kappa shape index (κ2) is 9.14. The van der Waals surface area contributed by atoms with Gasteiger partial charge in [-0.3, -0.25) is 4.79 Å². The summed E-state index contributed by atoms with van der Waals surface area (Å²) >= 11 is 0. The number of nitrogens with two attached hydrogens (primary N) is 1. The number of hydrogen-bond donors (Lipinski definition) is 3. The molecule has 1 unspecified atom stereocenters. The van der Waals surface area contributed by atoms with Crippen LogP contribution in [0.4, 0.5) is 0 Å². The topological polar surface area (TPSA) is 114 Å². The molecule has 1 aromatic heterocycles. The molecule has 1 aromatic rings. The first-order valence-electron chi connectivity index (χ1n) is 6.75. The summed E-state index contributed by atoms with van der Waals surface area (Å²) in [7, 11) is -3.30. The molecule has 0 aliphatic rings. The summed E-state index contributed by atoms with van der Waals surface area (Å²) in [6.45, 7) is 4.47. The van der Waals surface area contributed by atoms with Gasteiger partial charge in [0.1, 0.15) is 5.76 Å². The van der Waals surface area contributed by atoms with Gasteiger partial charge in [0, 0.05) is 12.6 Å². The Hall–Kier alpha value is -1.09. The van der Waals surface area contributed by atoms with Crippen molar-refractivity contribution < 1.29 is 17.6 Å². The summed E-state index contributed by atoms with van der Waals surface area (Å²) in [5.41, 5.74) is 5.63. The van der Waals surface area contributed by atoms with Crippen LogP contribution in [0.5, 0.6) is 0 Å². The van der Waals surface area contributed by atoms with Gasteiger partial charge in [-0.15, -0.1) is 12.4 Å². The van der Waals surface area contributed by atoms with E-state index >= 15 is 0 Å². The van der Waals surface area contributed by atoms with Crippen LogP contribution in [0.15, 0.2) is 16.5 Å². The van der Waals surface area contributed by atoms with Crippen LogP contribution in [0.25, 0.3) is 0 Å². The van der Waals surface area contributed by atoms with Crippen LogP contribution in [-0.2, 0) is 16.6 Å². The summed E-state index contributed by atoms with van der Waals surface area (Å²) in [4.78, 5) is 12.0. The van der Waals surface area contributed by atoms with E-state index in [2.05, 4.69) is 23.9 Å². The van der Waals surface area contributed by atoms with Crippen molar-refractivity contribution in [2.75, 3.05) is 12.8 Å². The van der Waals surface area contributed by atoms with Crippen molar-refractivity contribution in [2.45, 2.75) is 32.9 Å². The molecule has 0 bridgehead atoms. The molecular weight excluding hydrogens is 330 g/mol. The van der Waals surface area contributed by atoms with Gasteiger partial charge in [-0.25, -0.2) is 13.1 Å². The second-order valence-electron chi connectivity index (χ2n) is 5.39. The van der Waals surface area contributed by atoms with Crippen LogP contribution >= 0.6 is 12.4 Å². The summed E-state index contributed by atoms with van der Waals surface area (Å²) in [6.07, 6.45) is 1.84. The van der Waals surface area contributed by atoms with Crippen molar-refractivity contribution >= 4 is 28.3 Å². The fourth-order valence-electron chi connectivity index (χ4n) is 1.84. The van der Waals surface area contributed by atoms with E-state index in [1.54, 1.807) is 6.07 Å². The van der Waals surface area contributed by atoms with Crippen LogP contribution in [0, 0.1) is 5.92 Å². The molecule has 0 aliphatic carbocycles. The quantitative estimate of drug-likeness (QED) is 0.641. The Morgan fingerprint density at radius 1 is 1.36 bits per heavy atom. The molecule has 1 atom stereocenters. The zero-order valence-electron chi connectivity index (χ0n) is 13.0. The number of carbonyl (C=O) groups excluding carboxylic acids is 1. The number of halogens is 1. The maximum atomic E-state index is 12.0. The summed E-state index contributed by atoms with van der Waals surface area (Å²) < 4.78 is 29.6. The highest BCUT2D eigenvalue weighted by Crippen LogP contribution is 2.10. The maximum Gasteiger partial charge on any atom is 0.287 e. The number of rotatable bonds is 8. The van der Waals surface area contributed by atoms with E-state index in [9.17, 15) is 13.2 Å². The largest absolute Gasteiger partial charge is 0.455 e. The van der Waals surface area contributed by atoms with Crippen LogP contribution in [0.1, 0.15) is 36.6 Å². The van der Waals surface area contributed by atoms with Crippen molar-refractivity contribution in [1.29, 1.82) is 0 Å². The van der Waals surface area contributed by atoms with Crippen LogP contribution in [0.3, 0.4) is 0 Å². The lowest BCUT2D eigenvalue weighted by molar-refractivity contribution is 0.0904. The molecule has 7 nitrogen and oxygen atoms in total. The molecule has 22 heavy (non-hydrogen) atoms. The number of carbonyl (C=O) groups is 1. The Bertz CT molecular complexity index is 572. The molecule has 1 heterocycles. The highest BCUT2D eigenvalue weighted by Gasteiger charge is 2.17. The van der Waals surface area contributed by atoms with E-state index in [0.717, 1.165) is 12.7 Å². The number of sulfonamides is 1. The first kappa shape index (κ1) is 20.9. The standard InChI is InChI=1S/C13H23N3O4S.ClH/c1-9(2)6-10(7-14)16-13(17)12-5-4-11(20-12)8-15-21(3,18)19;/h4-5,9-10,15H,6-8,14H2,1-3H3,(H,16,17);1H.